The van der Waals surface area contributed by atoms with Gasteiger partial charge in [-0.1, -0.05) is 12.1 Å². The van der Waals surface area contributed by atoms with Gasteiger partial charge < -0.3 is 10.6 Å². The van der Waals surface area contributed by atoms with Crippen molar-refractivity contribution in [1.82, 2.24) is 0 Å². The topological polar surface area (TPSA) is 46.3 Å². The van der Waals surface area contributed by atoms with Crippen molar-refractivity contribution in [1.29, 1.82) is 0 Å². The molecule has 1 aromatic carbocycles. The summed E-state index contributed by atoms with van der Waals surface area (Å²) in [6, 6.07) is 7.95. The molecular weight excluding hydrogens is 236 g/mol. The monoisotopic (exact) mass is 260 g/mol. The van der Waals surface area contributed by atoms with E-state index in [4.69, 9.17) is 5.73 Å². The van der Waals surface area contributed by atoms with Gasteiger partial charge in [-0.05, 0) is 58.2 Å². The van der Waals surface area contributed by atoms with Gasteiger partial charge in [0.1, 0.15) is 0 Å². The first kappa shape index (κ1) is 14.1. The van der Waals surface area contributed by atoms with Crippen LogP contribution in [0.25, 0.3) is 0 Å². The molecule has 1 heterocycles. The van der Waals surface area contributed by atoms with E-state index in [2.05, 4.69) is 24.8 Å². The summed E-state index contributed by atoms with van der Waals surface area (Å²) in [6.07, 6.45) is 2.23. The molecular formula is C16H24N2O. The van der Waals surface area contributed by atoms with Crippen LogP contribution in [0.2, 0.25) is 0 Å². The zero-order chi connectivity index (χ0) is 14.0. The Balaban J connectivity index is 2.26. The fraction of sp³-hybridized carbons (Fsp3) is 0.562. The molecule has 0 saturated carbocycles. The molecule has 3 nitrogen and oxygen atoms in total. The van der Waals surface area contributed by atoms with Crippen LogP contribution < -0.4 is 10.6 Å². The standard InChI is InChI=1S/C16H24N2O/c1-12(19)14-5-4-6-15(9-14)18-8-7-13(11-17)10-16(18,2)3/h4-6,9,13H,7-8,10-11,17H2,1-3H3. The minimum absolute atomic E-state index is 0.0949. The van der Waals surface area contributed by atoms with E-state index in [0.29, 0.717) is 5.92 Å². The van der Waals surface area contributed by atoms with Crippen LogP contribution in [-0.2, 0) is 0 Å². The van der Waals surface area contributed by atoms with Crippen molar-refractivity contribution in [3.05, 3.63) is 29.8 Å². The minimum Gasteiger partial charge on any atom is -0.366 e. The van der Waals surface area contributed by atoms with E-state index in [1.54, 1.807) is 6.92 Å². The van der Waals surface area contributed by atoms with Crippen LogP contribution >= 0.6 is 0 Å². The highest BCUT2D eigenvalue weighted by molar-refractivity contribution is 5.95. The predicted molar refractivity (Wildman–Crippen MR) is 79.6 cm³/mol. The second-order valence-electron chi connectivity index (χ2n) is 6.17. The van der Waals surface area contributed by atoms with Crippen molar-refractivity contribution in [3.63, 3.8) is 0 Å². The van der Waals surface area contributed by atoms with E-state index in [1.165, 1.54) is 0 Å². The Morgan fingerprint density at radius 1 is 1.47 bits per heavy atom. The van der Waals surface area contributed by atoms with Crippen molar-refractivity contribution in [3.8, 4) is 0 Å². The maximum absolute atomic E-state index is 11.5. The highest BCUT2D eigenvalue weighted by atomic mass is 16.1. The van der Waals surface area contributed by atoms with E-state index in [1.807, 2.05) is 18.2 Å². The van der Waals surface area contributed by atoms with Gasteiger partial charge in [-0.25, -0.2) is 0 Å². The van der Waals surface area contributed by atoms with E-state index in [-0.39, 0.29) is 11.3 Å². The van der Waals surface area contributed by atoms with Crippen LogP contribution in [0.1, 0.15) is 44.0 Å². The van der Waals surface area contributed by atoms with E-state index >= 15 is 0 Å². The highest BCUT2D eigenvalue weighted by Crippen LogP contribution is 2.35. The fourth-order valence-corrected chi connectivity index (χ4v) is 3.11. The number of anilines is 1. The van der Waals surface area contributed by atoms with Gasteiger partial charge >= 0.3 is 0 Å². The molecule has 0 radical (unpaired) electrons. The smallest absolute Gasteiger partial charge is 0.159 e. The van der Waals surface area contributed by atoms with Crippen molar-refractivity contribution >= 4 is 11.5 Å². The summed E-state index contributed by atoms with van der Waals surface area (Å²) in [4.78, 5) is 13.9. The third-order valence-electron chi connectivity index (χ3n) is 4.18. The first-order chi connectivity index (χ1) is 8.94. The second-order valence-corrected chi connectivity index (χ2v) is 6.17. The number of nitrogens with zero attached hydrogens (tertiary/aromatic N) is 1. The number of carbonyl (C=O) groups is 1. The molecule has 104 valence electrons. The van der Waals surface area contributed by atoms with Crippen molar-refractivity contribution in [2.24, 2.45) is 11.7 Å². The van der Waals surface area contributed by atoms with Crippen molar-refractivity contribution in [2.45, 2.75) is 39.2 Å². The number of benzene rings is 1. The lowest BCUT2D eigenvalue weighted by Crippen LogP contribution is -2.51. The van der Waals surface area contributed by atoms with Crippen LogP contribution in [0.15, 0.2) is 24.3 Å². The lowest BCUT2D eigenvalue weighted by atomic mass is 9.82. The Hall–Kier alpha value is -1.35. The van der Waals surface area contributed by atoms with Gasteiger partial charge in [0.15, 0.2) is 5.78 Å². The molecule has 2 N–H and O–H groups in total. The summed E-state index contributed by atoms with van der Waals surface area (Å²) < 4.78 is 0. The molecule has 1 unspecified atom stereocenters. The third kappa shape index (κ3) is 2.98. The molecule has 0 bridgehead atoms. The fourth-order valence-electron chi connectivity index (χ4n) is 3.11. The number of hydrogen-bond acceptors (Lipinski definition) is 3. The van der Waals surface area contributed by atoms with Crippen LogP contribution in [0.5, 0.6) is 0 Å². The number of carbonyl (C=O) groups excluding carboxylic acids is 1. The summed E-state index contributed by atoms with van der Waals surface area (Å²) >= 11 is 0. The molecule has 1 atom stereocenters. The SMILES string of the molecule is CC(=O)c1cccc(N2CCC(CN)CC2(C)C)c1. The molecule has 1 saturated heterocycles. The van der Waals surface area contributed by atoms with Gasteiger partial charge in [-0.3, -0.25) is 4.79 Å². The summed E-state index contributed by atoms with van der Waals surface area (Å²) in [5.74, 6) is 0.735. The number of piperidine rings is 1. The van der Waals surface area contributed by atoms with Crippen LogP contribution in [-0.4, -0.2) is 24.4 Å². The average molecular weight is 260 g/mol. The molecule has 1 fully saturated rings. The maximum atomic E-state index is 11.5. The average Bonchev–Trinajstić information content (AvgIpc) is 2.37. The van der Waals surface area contributed by atoms with Gasteiger partial charge in [0, 0.05) is 23.3 Å². The molecule has 19 heavy (non-hydrogen) atoms. The highest BCUT2D eigenvalue weighted by Gasteiger charge is 2.34. The van der Waals surface area contributed by atoms with Crippen LogP contribution in [0, 0.1) is 5.92 Å². The summed E-state index contributed by atoms with van der Waals surface area (Å²) in [5, 5.41) is 0. The summed E-state index contributed by atoms with van der Waals surface area (Å²) in [5.41, 5.74) is 7.84. The van der Waals surface area contributed by atoms with Crippen LogP contribution in [0.3, 0.4) is 0 Å². The molecule has 2 rings (SSSR count). The first-order valence-corrected chi connectivity index (χ1v) is 7.03. The number of rotatable bonds is 3. The largest absolute Gasteiger partial charge is 0.366 e. The van der Waals surface area contributed by atoms with Gasteiger partial charge in [0.25, 0.3) is 0 Å². The Bertz CT molecular complexity index is 468. The number of nitrogens with two attached hydrogens (primary N) is 1. The van der Waals surface area contributed by atoms with Crippen LogP contribution in [0.4, 0.5) is 5.69 Å². The number of hydrogen-bond donors (Lipinski definition) is 1. The number of ketones is 1. The lowest BCUT2D eigenvalue weighted by molar-refractivity contribution is 0.101. The first-order valence-electron chi connectivity index (χ1n) is 7.03. The molecule has 0 aromatic heterocycles. The van der Waals surface area contributed by atoms with Crippen molar-refractivity contribution < 1.29 is 4.79 Å². The summed E-state index contributed by atoms with van der Waals surface area (Å²) in [7, 11) is 0. The normalized spacial score (nSPS) is 22.3. The predicted octanol–water partition coefficient (Wildman–Crippen LogP) is 2.84. The minimum atomic E-state index is 0.0949. The van der Waals surface area contributed by atoms with Crippen molar-refractivity contribution in [2.75, 3.05) is 18.0 Å². The van der Waals surface area contributed by atoms with E-state index in [0.717, 1.165) is 37.2 Å². The molecule has 0 aliphatic carbocycles. The van der Waals surface area contributed by atoms with E-state index < -0.39 is 0 Å². The van der Waals surface area contributed by atoms with Gasteiger partial charge in [-0.2, -0.15) is 0 Å². The van der Waals surface area contributed by atoms with Gasteiger partial charge in [-0.15, -0.1) is 0 Å². The molecule has 1 aromatic rings. The third-order valence-corrected chi connectivity index (χ3v) is 4.18. The summed E-state index contributed by atoms with van der Waals surface area (Å²) in [6.45, 7) is 7.91. The van der Waals surface area contributed by atoms with E-state index in [9.17, 15) is 4.79 Å². The molecule has 1 aliphatic rings. The molecule has 1 aliphatic heterocycles. The quantitative estimate of drug-likeness (QED) is 0.850. The Morgan fingerprint density at radius 3 is 2.79 bits per heavy atom. The Kier molecular flexibility index (Phi) is 3.95. The Morgan fingerprint density at radius 2 is 2.21 bits per heavy atom. The zero-order valence-corrected chi connectivity index (χ0v) is 12.1. The molecule has 0 spiro atoms. The maximum Gasteiger partial charge on any atom is 0.159 e. The zero-order valence-electron chi connectivity index (χ0n) is 12.1. The lowest BCUT2D eigenvalue weighted by Gasteiger charge is -2.47. The second kappa shape index (κ2) is 5.33. The molecule has 3 heteroatoms. The molecule has 0 amide bonds. The van der Waals surface area contributed by atoms with Gasteiger partial charge in [0.2, 0.25) is 0 Å². The number of Topliss-reactive ketones (excluding diaryl/α,β-unsaturated/α-hetero) is 1. The van der Waals surface area contributed by atoms with Gasteiger partial charge in [0.05, 0.1) is 0 Å². The Labute approximate surface area is 115 Å².